The molecule has 7 nitrogen and oxygen atoms in total. The molecule has 0 aliphatic carbocycles. The van der Waals surface area contributed by atoms with Crippen molar-refractivity contribution in [2.75, 3.05) is 19.6 Å². The van der Waals surface area contributed by atoms with Gasteiger partial charge in [0.25, 0.3) is 5.91 Å². The molecule has 19 heavy (non-hydrogen) atoms. The first-order chi connectivity index (χ1) is 8.99. The van der Waals surface area contributed by atoms with Gasteiger partial charge < -0.3 is 10.2 Å². The maximum atomic E-state index is 13.2. The summed E-state index contributed by atoms with van der Waals surface area (Å²) < 4.78 is 13.2. The highest BCUT2D eigenvalue weighted by atomic mass is 19.1. The second kappa shape index (κ2) is 5.01. The van der Waals surface area contributed by atoms with Crippen molar-refractivity contribution >= 4 is 17.5 Å². The van der Waals surface area contributed by atoms with Crippen molar-refractivity contribution in [3.63, 3.8) is 0 Å². The molecule has 0 unspecified atom stereocenters. The van der Waals surface area contributed by atoms with E-state index in [0.717, 1.165) is 18.2 Å². The summed E-state index contributed by atoms with van der Waals surface area (Å²) in [4.78, 5) is 34.2. The molecular weight excluding hydrogens is 257 g/mol. The Morgan fingerprint density at radius 1 is 1.47 bits per heavy atom. The van der Waals surface area contributed by atoms with Crippen LogP contribution >= 0.6 is 0 Å². The molecule has 1 aromatic carbocycles. The minimum Gasteiger partial charge on any atom is -0.353 e. The van der Waals surface area contributed by atoms with E-state index in [1.165, 1.54) is 4.90 Å². The fraction of sp³-hybridized carbons (Fsp3) is 0.273. The number of benzene rings is 1. The predicted octanol–water partition coefficient (Wildman–Crippen LogP) is 0.306. The second-order valence-electron chi connectivity index (χ2n) is 4.00. The zero-order valence-electron chi connectivity index (χ0n) is 9.76. The molecule has 1 aromatic rings. The van der Waals surface area contributed by atoms with Gasteiger partial charge in [0, 0.05) is 24.7 Å². The third kappa shape index (κ3) is 2.67. The summed E-state index contributed by atoms with van der Waals surface area (Å²) in [6.07, 6.45) is 0. The van der Waals surface area contributed by atoms with Gasteiger partial charge in [-0.25, -0.2) is 0 Å². The molecule has 1 aliphatic rings. The van der Waals surface area contributed by atoms with Crippen molar-refractivity contribution in [2.24, 2.45) is 0 Å². The molecule has 2 rings (SSSR count). The highest BCUT2D eigenvalue weighted by Gasteiger charge is 2.24. The third-order valence-corrected chi connectivity index (χ3v) is 2.72. The molecule has 2 amide bonds. The highest BCUT2D eigenvalue weighted by molar-refractivity contribution is 5.97. The number of carbonyl (C=O) groups is 2. The standard InChI is InChI=1S/C11H10FN3O4/c12-8-2-1-7(5-9(8)15(18)19)11(17)14-4-3-13-10(16)6-14/h1-2,5H,3-4,6H2,(H,13,16). The number of halogens is 1. The molecule has 100 valence electrons. The van der Waals surface area contributed by atoms with E-state index in [9.17, 15) is 24.1 Å². The minimum absolute atomic E-state index is 0.0113. The molecule has 0 spiro atoms. The molecule has 1 aliphatic heterocycles. The van der Waals surface area contributed by atoms with Gasteiger partial charge in [0.15, 0.2) is 0 Å². The van der Waals surface area contributed by atoms with Gasteiger partial charge in [-0.1, -0.05) is 0 Å². The van der Waals surface area contributed by atoms with Crippen molar-refractivity contribution in [1.82, 2.24) is 10.2 Å². The first-order valence-electron chi connectivity index (χ1n) is 5.49. The first-order valence-corrected chi connectivity index (χ1v) is 5.49. The summed E-state index contributed by atoms with van der Waals surface area (Å²) in [5, 5.41) is 13.2. The van der Waals surface area contributed by atoms with Crippen molar-refractivity contribution in [2.45, 2.75) is 0 Å². The number of nitro groups is 1. The number of nitrogens with one attached hydrogen (secondary N) is 1. The molecule has 0 atom stereocenters. The molecule has 1 N–H and O–H groups in total. The molecular formula is C11H10FN3O4. The molecule has 0 saturated carbocycles. The number of hydrogen-bond acceptors (Lipinski definition) is 4. The van der Waals surface area contributed by atoms with Gasteiger partial charge in [0.2, 0.25) is 11.7 Å². The van der Waals surface area contributed by atoms with E-state index in [2.05, 4.69) is 5.32 Å². The molecule has 8 heteroatoms. The summed E-state index contributed by atoms with van der Waals surface area (Å²) in [6.45, 7) is 0.535. The topological polar surface area (TPSA) is 92.5 Å². The van der Waals surface area contributed by atoms with Crippen LogP contribution in [0, 0.1) is 15.9 Å². The van der Waals surface area contributed by atoms with Gasteiger partial charge in [0.1, 0.15) is 0 Å². The number of piperazine rings is 1. The van der Waals surface area contributed by atoms with Gasteiger partial charge in [-0.2, -0.15) is 4.39 Å². The summed E-state index contributed by atoms with van der Waals surface area (Å²) >= 11 is 0. The summed E-state index contributed by atoms with van der Waals surface area (Å²) in [7, 11) is 0. The van der Waals surface area contributed by atoms with Crippen LogP contribution in [-0.4, -0.2) is 41.3 Å². The van der Waals surface area contributed by atoms with Crippen LogP contribution in [-0.2, 0) is 4.79 Å². The Balaban J connectivity index is 2.26. The van der Waals surface area contributed by atoms with E-state index < -0.39 is 22.3 Å². The fourth-order valence-electron chi connectivity index (χ4n) is 1.78. The second-order valence-corrected chi connectivity index (χ2v) is 4.00. The average Bonchev–Trinajstić information content (AvgIpc) is 2.38. The smallest absolute Gasteiger partial charge is 0.305 e. The first kappa shape index (κ1) is 12.9. The molecule has 1 fully saturated rings. The SMILES string of the molecule is O=C1CN(C(=O)c2ccc(F)c([N+](=O)[O-])c2)CCN1. The van der Waals surface area contributed by atoms with Crippen molar-refractivity contribution in [3.05, 3.63) is 39.7 Å². The Hall–Kier alpha value is -2.51. The van der Waals surface area contributed by atoms with E-state index in [0.29, 0.717) is 13.1 Å². The number of carbonyl (C=O) groups excluding carboxylic acids is 2. The van der Waals surface area contributed by atoms with Gasteiger partial charge in [-0.3, -0.25) is 19.7 Å². The van der Waals surface area contributed by atoms with Gasteiger partial charge in [0.05, 0.1) is 11.5 Å². The van der Waals surface area contributed by atoms with E-state index in [1.807, 2.05) is 0 Å². The molecule has 0 radical (unpaired) electrons. The minimum atomic E-state index is -1.00. The molecule has 0 bridgehead atoms. The van der Waals surface area contributed by atoms with E-state index >= 15 is 0 Å². The number of hydrogen-bond donors (Lipinski definition) is 1. The Bertz CT molecular complexity index is 561. The lowest BCUT2D eigenvalue weighted by molar-refractivity contribution is -0.387. The van der Waals surface area contributed by atoms with Crippen LogP contribution in [0.4, 0.5) is 10.1 Å². The number of nitrogens with zero attached hydrogens (tertiary/aromatic N) is 2. The predicted molar refractivity (Wildman–Crippen MR) is 62.0 cm³/mol. The van der Waals surface area contributed by atoms with Gasteiger partial charge in [-0.05, 0) is 12.1 Å². The maximum Gasteiger partial charge on any atom is 0.305 e. The Labute approximate surface area is 107 Å². The van der Waals surface area contributed by atoms with Crippen molar-refractivity contribution in [3.8, 4) is 0 Å². The van der Waals surface area contributed by atoms with E-state index in [4.69, 9.17) is 0 Å². The Morgan fingerprint density at radius 2 is 2.21 bits per heavy atom. The molecule has 0 aromatic heterocycles. The summed E-state index contributed by atoms with van der Waals surface area (Å²) in [5.74, 6) is -1.83. The lowest BCUT2D eigenvalue weighted by Crippen LogP contribution is -2.49. The van der Waals surface area contributed by atoms with Crippen LogP contribution in [0.5, 0.6) is 0 Å². The summed E-state index contributed by atoms with van der Waals surface area (Å²) in [5.41, 5.74) is -0.768. The van der Waals surface area contributed by atoms with Gasteiger partial charge in [-0.15, -0.1) is 0 Å². The van der Waals surface area contributed by atoms with Crippen molar-refractivity contribution < 1.29 is 18.9 Å². The average molecular weight is 267 g/mol. The molecule has 1 saturated heterocycles. The van der Waals surface area contributed by atoms with Crippen molar-refractivity contribution in [1.29, 1.82) is 0 Å². The van der Waals surface area contributed by atoms with Crippen LogP contribution in [0.2, 0.25) is 0 Å². The number of amides is 2. The largest absolute Gasteiger partial charge is 0.353 e. The number of rotatable bonds is 2. The maximum absolute atomic E-state index is 13.2. The van der Waals surface area contributed by atoms with Gasteiger partial charge >= 0.3 is 5.69 Å². The summed E-state index contributed by atoms with van der Waals surface area (Å²) in [6, 6.07) is 2.91. The van der Waals surface area contributed by atoms with Crippen LogP contribution in [0.1, 0.15) is 10.4 Å². The van der Waals surface area contributed by atoms with Crippen LogP contribution in [0.25, 0.3) is 0 Å². The van der Waals surface area contributed by atoms with E-state index in [1.54, 1.807) is 0 Å². The quantitative estimate of drug-likeness (QED) is 0.616. The normalized spacial score (nSPS) is 15.0. The van der Waals surface area contributed by atoms with Crippen LogP contribution in [0.3, 0.4) is 0 Å². The zero-order valence-corrected chi connectivity index (χ0v) is 9.76. The number of nitro benzene ring substituents is 1. The third-order valence-electron chi connectivity index (χ3n) is 2.72. The zero-order chi connectivity index (χ0) is 14.0. The van der Waals surface area contributed by atoms with E-state index in [-0.39, 0.29) is 18.0 Å². The Kier molecular flexibility index (Phi) is 3.41. The fourth-order valence-corrected chi connectivity index (χ4v) is 1.78. The lowest BCUT2D eigenvalue weighted by Gasteiger charge is -2.26. The monoisotopic (exact) mass is 267 g/mol. The Morgan fingerprint density at radius 3 is 2.84 bits per heavy atom. The van der Waals surface area contributed by atoms with Crippen LogP contribution < -0.4 is 5.32 Å². The van der Waals surface area contributed by atoms with Crippen LogP contribution in [0.15, 0.2) is 18.2 Å². The highest BCUT2D eigenvalue weighted by Crippen LogP contribution is 2.19. The molecule has 1 heterocycles. The lowest BCUT2D eigenvalue weighted by atomic mass is 10.1.